The third kappa shape index (κ3) is 4.71. The lowest BCUT2D eigenvalue weighted by atomic mass is 10.1. The van der Waals surface area contributed by atoms with Crippen LogP contribution in [0.2, 0.25) is 0 Å². The van der Waals surface area contributed by atoms with E-state index in [4.69, 9.17) is 0 Å². The van der Waals surface area contributed by atoms with Crippen molar-refractivity contribution in [2.24, 2.45) is 0 Å². The standard InChI is InChI=1S/C23H25N5O/c1-16-5-7-18(8-6-16)22(29)26-20-11-9-19(10-12-20)25-21-15-17(2)24-23(27-21)28-13-3-4-14-28/h5-12,15H,3-4,13-14H2,1-2H3,(H,26,29)(H,24,25,27). The van der Waals surface area contributed by atoms with Crippen molar-refractivity contribution in [1.29, 1.82) is 0 Å². The molecule has 1 saturated heterocycles. The molecule has 6 nitrogen and oxygen atoms in total. The minimum absolute atomic E-state index is 0.118. The molecule has 0 bridgehead atoms. The summed E-state index contributed by atoms with van der Waals surface area (Å²) in [5, 5.41) is 6.26. The molecule has 1 aromatic heterocycles. The van der Waals surface area contributed by atoms with Gasteiger partial charge in [-0.15, -0.1) is 0 Å². The number of rotatable bonds is 5. The van der Waals surface area contributed by atoms with Crippen molar-refractivity contribution in [3.63, 3.8) is 0 Å². The quantitative estimate of drug-likeness (QED) is 0.665. The second-order valence-electron chi connectivity index (χ2n) is 7.41. The lowest BCUT2D eigenvalue weighted by molar-refractivity contribution is 0.102. The average Bonchev–Trinajstić information content (AvgIpc) is 3.24. The van der Waals surface area contributed by atoms with Gasteiger partial charge in [0.25, 0.3) is 5.91 Å². The van der Waals surface area contributed by atoms with Gasteiger partial charge in [-0.05, 0) is 63.1 Å². The Morgan fingerprint density at radius 3 is 2.24 bits per heavy atom. The van der Waals surface area contributed by atoms with Crippen LogP contribution in [0.25, 0.3) is 0 Å². The predicted octanol–water partition coefficient (Wildman–Crippen LogP) is 4.69. The summed E-state index contributed by atoms with van der Waals surface area (Å²) >= 11 is 0. The van der Waals surface area contributed by atoms with Crippen molar-refractivity contribution >= 4 is 29.0 Å². The van der Waals surface area contributed by atoms with E-state index in [0.29, 0.717) is 5.56 Å². The van der Waals surface area contributed by atoms with E-state index in [0.717, 1.165) is 47.5 Å². The molecular weight excluding hydrogens is 362 g/mol. The van der Waals surface area contributed by atoms with E-state index in [-0.39, 0.29) is 5.91 Å². The lowest BCUT2D eigenvalue weighted by Gasteiger charge is -2.17. The zero-order valence-electron chi connectivity index (χ0n) is 16.8. The molecule has 0 saturated carbocycles. The summed E-state index contributed by atoms with van der Waals surface area (Å²) < 4.78 is 0. The Bertz CT molecular complexity index is 993. The highest BCUT2D eigenvalue weighted by Gasteiger charge is 2.16. The third-order valence-corrected chi connectivity index (χ3v) is 4.96. The zero-order chi connectivity index (χ0) is 20.2. The number of nitrogens with one attached hydrogen (secondary N) is 2. The van der Waals surface area contributed by atoms with E-state index in [1.807, 2.05) is 68.4 Å². The van der Waals surface area contributed by atoms with Crippen molar-refractivity contribution in [2.75, 3.05) is 28.6 Å². The SMILES string of the molecule is Cc1ccc(C(=O)Nc2ccc(Nc3cc(C)nc(N4CCCC4)n3)cc2)cc1. The van der Waals surface area contributed by atoms with Crippen LogP contribution in [0.5, 0.6) is 0 Å². The van der Waals surface area contributed by atoms with Crippen LogP contribution < -0.4 is 15.5 Å². The molecule has 1 aliphatic rings. The third-order valence-electron chi connectivity index (χ3n) is 4.96. The molecule has 0 spiro atoms. The Balaban J connectivity index is 1.43. The van der Waals surface area contributed by atoms with Gasteiger partial charge in [-0.2, -0.15) is 4.98 Å². The molecule has 29 heavy (non-hydrogen) atoms. The first-order valence-corrected chi connectivity index (χ1v) is 9.92. The van der Waals surface area contributed by atoms with Crippen LogP contribution in [0.15, 0.2) is 54.6 Å². The molecule has 0 radical (unpaired) electrons. The van der Waals surface area contributed by atoms with E-state index in [1.54, 1.807) is 0 Å². The van der Waals surface area contributed by atoms with Gasteiger partial charge in [0.15, 0.2) is 0 Å². The summed E-state index contributed by atoms with van der Waals surface area (Å²) in [5.74, 6) is 1.44. The fourth-order valence-corrected chi connectivity index (χ4v) is 3.37. The molecular formula is C23H25N5O. The average molecular weight is 387 g/mol. The van der Waals surface area contributed by atoms with E-state index in [9.17, 15) is 4.79 Å². The van der Waals surface area contributed by atoms with Crippen LogP contribution in [-0.2, 0) is 0 Å². The van der Waals surface area contributed by atoms with E-state index >= 15 is 0 Å². The molecule has 3 aromatic rings. The van der Waals surface area contributed by atoms with Gasteiger partial charge in [-0.3, -0.25) is 4.79 Å². The van der Waals surface area contributed by atoms with Gasteiger partial charge in [0.2, 0.25) is 5.95 Å². The van der Waals surface area contributed by atoms with Crippen LogP contribution in [0.3, 0.4) is 0 Å². The Hall–Kier alpha value is -3.41. The molecule has 2 N–H and O–H groups in total. The summed E-state index contributed by atoms with van der Waals surface area (Å²) in [7, 11) is 0. The minimum atomic E-state index is -0.118. The van der Waals surface area contributed by atoms with Crippen LogP contribution in [0, 0.1) is 13.8 Å². The molecule has 1 aliphatic heterocycles. The van der Waals surface area contributed by atoms with Gasteiger partial charge in [0.05, 0.1) is 0 Å². The number of anilines is 4. The number of nitrogens with zero attached hydrogens (tertiary/aromatic N) is 3. The first-order valence-electron chi connectivity index (χ1n) is 9.92. The number of aromatic nitrogens is 2. The zero-order valence-corrected chi connectivity index (χ0v) is 16.8. The maximum atomic E-state index is 12.4. The maximum absolute atomic E-state index is 12.4. The monoisotopic (exact) mass is 387 g/mol. The van der Waals surface area contributed by atoms with Gasteiger partial charge >= 0.3 is 0 Å². The van der Waals surface area contributed by atoms with Crippen LogP contribution >= 0.6 is 0 Å². The highest BCUT2D eigenvalue weighted by molar-refractivity contribution is 6.04. The first-order chi connectivity index (χ1) is 14.1. The molecule has 0 aliphatic carbocycles. The van der Waals surface area contributed by atoms with Crippen LogP contribution in [0.1, 0.15) is 34.5 Å². The van der Waals surface area contributed by atoms with Gasteiger partial charge in [0, 0.05) is 41.8 Å². The van der Waals surface area contributed by atoms with Crippen LogP contribution in [-0.4, -0.2) is 29.0 Å². The number of amides is 1. The summed E-state index contributed by atoms with van der Waals surface area (Å²) in [5.41, 5.74) is 4.36. The Morgan fingerprint density at radius 1 is 0.897 bits per heavy atom. The van der Waals surface area contributed by atoms with Crippen molar-refractivity contribution in [3.8, 4) is 0 Å². The smallest absolute Gasteiger partial charge is 0.255 e. The van der Waals surface area contributed by atoms with Gasteiger partial charge in [0.1, 0.15) is 5.82 Å². The summed E-state index contributed by atoms with van der Waals surface area (Å²) in [4.78, 5) is 23.8. The van der Waals surface area contributed by atoms with E-state index in [2.05, 4.69) is 25.5 Å². The van der Waals surface area contributed by atoms with Gasteiger partial charge < -0.3 is 15.5 Å². The molecule has 4 rings (SSSR count). The van der Waals surface area contributed by atoms with Gasteiger partial charge in [-0.1, -0.05) is 17.7 Å². The number of carbonyl (C=O) groups is 1. The minimum Gasteiger partial charge on any atom is -0.341 e. The number of aryl methyl sites for hydroxylation is 2. The van der Waals surface area contributed by atoms with Crippen LogP contribution in [0.4, 0.5) is 23.1 Å². The topological polar surface area (TPSA) is 70.2 Å². The van der Waals surface area contributed by atoms with Crippen molar-refractivity contribution in [3.05, 3.63) is 71.4 Å². The molecule has 1 amide bonds. The van der Waals surface area contributed by atoms with Crippen molar-refractivity contribution in [2.45, 2.75) is 26.7 Å². The first kappa shape index (κ1) is 18.9. The molecule has 2 aromatic carbocycles. The second kappa shape index (κ2) is 8.31. The molecule has 0 atom stereocenters. The molecule has 6 heteroatoms. The molecule has 2 heterocycles. The maximum Gasteiger partial charge on any atom is 0.255 e. The summed E-state index contributed by atoms with van der Waals surface area (Å²) in [6, 6.07) is 17.1. The highest BCUT2D eigenvalue weighted by atomic mass is 16.1. The number of benzene rings is 2. The second-order valence-corrected chi connectivity index (χ2v) is 7.41. The number of carbonyl (C=O) groups excluding carboxylic acids is 1. The molecule has 1 fully saturated rings. The predicted molar refractivity (Wildman–Crippen MR) is 117 cm³/mol. The normalized spacial score (nSPS) is 13.4. The Labute approximate surface area is 171 Å². The number of hydrogen-bond donors (Lipinski definition) is 2. The Kier molecular flexibility index (Phi) is 5.42. The van der Waals surface area contributed by atoms with E-state index < -0.39 is 0 Å². The summed E-state index contributed by atoms with van der Waals surface area (Å²) in [6.45, 7) is 6.01. The number of hydrogen-bond acceptors (Lipinski definition) is 5. The molecule has 0 unspecified atom stereocenters. The lowest BCUT2D eigenvalue weighted by Crippen LogP contribution is -2.21. The fourth-order valence-electron chi connectivity index (χ4n) is 3.37. The largest absolute Gasteiger partial charge is 0.341 e. The highest BCUT2D eigenvalue weighted by Crippen LogP contribution is 2.22. The fraction of sp³-hybridized carbons (Fsp3) is 0.261. The molecule has 148 valence electrons. The van der Waals surface area contributed by atoms with Gasteiger partial charge in [-0.25, -0.2) is 4.98 Å². The summed E-state index contributed by atoms with van der Waals surface area (Å²) in [6.07, 6.45) is 2.38. The van der Waals surface area contributed by atoms with Crippen molar-refractivity contribution in [1.82, 2.24) is 9.97 Å². The van der Waals surface area contributed by atoms with Crippen molar-refractivity contribution < 1.29 is 4.79 Å². The Morgan fingerprint density at radius 2 is 1.55 bits per heavy atom. The van der Waals surface area contributed by atoms with E-state index in [1.165, 1.54) is 12.8 Å².